The summed E-state index contributed by atoms with van der Waals surface area (Å²) in [5, 5.41) is 2.99. The van der Waals surface area contributed by atoms with Gasteiger partial charge in [-0.05, 0) is 43.2 Å². The lowest BCUT2D eigenvalue weighted by Gasteiger charge is -2.29. The summed E-state index contributed by atoms with van der Waals surface area (Å²) in [4.78, 5) is 26.5. The van der Waals surface area contributed by atoms with E-state index in [2.05, 4.69) is 21.2 Å². The van der Waals surface area contributed by atoms with Crippen LogP contribution < -0.4 is 10.1 Å². The van der Waals surface area contributed by atoms with E-state index < -0.39 is 6.04 Å². The van der Waals surface area contributed by atoms with Crippen molar-refractivity contribution in [2.75, 3.05) is 13.7 Å². The molecule has 2 aromatic rings. The number of benzene rings is 2. The second-order valence-electron chi connectivity index (χ2n) is 6.10. The number of hydrogen-bond donors (Lipinski definition) is 1. The minimum absolute atomic E-state index is 0.214. The van der Waals surface area contributed by atoms with Crippen LogP contribution in [0.15, 0.2) is 46.9 Å². The van der Waals surface area contributed by atoms with E-state index in [0.717, 1.165) is 15.6 Å². The topological polar surface area (TPSA) is 58.6 Å². The van der Waals surface area contributed by atoms with Crippen LogP contribution in [-0.2, 0) is 16.1 Å². The number of nitrogens with zero attached hydrogens (tertiary/aromatic N) is 1. The normalized spacial score (nSPS) is 11.6. The Hall–Kier alpha value is -2.05. The first-order valence-electron chi connectivity index (χ1n) is 8.47. The monoisotopic (exact) mass is 452 g/mol. The minimum Gasteiger partial charge on any atom is -0.482 e. The molecule has 0 heterocycles. The first-order valence-corrected chi connectivity index (χ1v) is 9.64. The Labute approximate surface area is 172 Å². The maximum Gasteiger partial charge on any atom is 0.261 e. The Morgan fingerprint density at radius 3 is 2.59 bits per heavy atom. The van der Waals surface area contributed by atoms with Crippen LogP contribution in [0.4, 0.5) is 0 Å². The Morgan fingerprint density at radius 2 is 1.96 bits per heavy atom. The third-order valence-electron chi connectivity index (χ3n) is 4.26. The third kappa shape index (κ3) is 5.71. The minimum atomic E-state index is -0.633. The van der Waals surface area contributed by atoms with Crippen LogP contribution in [0.25, 0.3) is 0 Å². The molecule has 2 aromatic carbocycles. The van der Waals surface area contributed by atoms with Crippen molar-refractivity contribution in [1.29, 1.82) is 0 Å². The van der Waals surface area contributed by atoms with Crippen LogP contribution in [0.5, 0.6) is 5.75 Å². The second kappa shape index (κ2) is 9.76. The maximum atomic E-state index is 12.8. The van der Waals surface area contributed by atoms with Crippen LogP contribution in [0.3, 0.4) is 0 Å². The molecule has 7 heteroatoms. The molecule has 1 atom stereocenters. The molecular formula is C20H22BrClN2O3. The summed E-state index contributed by atoms with van der Waals surface area (Å²) in [6.07, 6.45) is 0. The molecule has 0 unspecified atom stereocenters. The number of amides is 2. The SMILES string of the molecule is CNC(=O)[C@@H](C)N(Cc1ccccc1C)C(=O)COc1ccc(Br)cc1Cl. The average molecular weight is 454 g/mol. The van der Waals surface area contributed by atoms with E-state index >= 15 is 0 Å². The van der Waals surface area contributed by atoms with E-state index in [1.54, 1.807) is 32.2 Å². The van der Waals surface area contributed by atoms with Crippen molar-refractivity contribution in [3.05, 3.63) is 63.1 Å². The first-order chi connectivity index (χ1) is 12.8. The maximum absolute atomic E-state index is 12.8. The fourth-order valence-electron chi connectivity index (χ4n) is 2.58. The molecule has 0 spiro atoms. The van der Waals surface area contributed by atoms with E-state index in [0.29, 0.717) is 17.3 Å². The van der Waals surface area contributed by atoms with Crippen molar-refractivity contribution in [2.45, 2.75) is 26.4 Å². The number of hydrogen-bond acceptors (Lipinski definition) is 3. The second-order valence-corrected chi connectivity index (χ2v) is 7.42. The highest BCUT2D eigenvalue weighted by molar-refractivity contribution is 9.10. The third-order valence-corrected chi connectivity index (χ3v) is 5.05. The van der Waals surface area contributed by atoms with E-state index in [4.69, 9.17) is 16.3 Å². The van der Waals surface area contributed by atoms with Crippen LogP contribution in [0, 0.1) is 6.92 Å². The number of likely N-dealkylation sites (N-methyl/N-ethyl adjacent to an activating group) is 1. The lowest BCUT2D eigenvalue weighted by molar-refractivity contribution is -0.142. The molecule has 0 radical (unpaired) electrons. The molecule has 2 amide bonds. The summed E-state index contributed by atoms with van der Waals surface area (Å²) >= 11 is 9.46. The van der Waals surface area contributed by atoms with E-state index in [-0.39, 0.29) is 18.4 Å². The number of ether oxygens (including phenoxy) is 1. The molecule has 5 nitrogen and oxygen atoms in total. The number of carbonyl (C=O) groups excluding carboxylic acids is 2. The van der Waals surface area contributed by atoms with Crippen molar-refractivity contribution in [1.82, 2.24) is 10.2 Å². The average Bonchev–Trinajstić information content (AvgIpc) is 2.65. The molecule has 0 aliphatic heterocycles. The van der Waals surface area contributed by atoms with Crippen molar-refractivity contribution in [3.63, 3.8) is 0 Å². The van der Waals surface area contributed by atoms with Gasteiger partial charge in [0, 0.05) is 18.1 Å². The zero-order chi connectivity index (χ0) is 20.0. The van der Waals surface area contributed by atoms with Crippen molar-refractivity contribution >= 4 is 39.3 Å². The Balaban J connectivity index is 2.17. The van der Waals surface area contributed by atoms with Crippen molar-refractivity contribution in [3.8, 4) is 5.75 Å². The molecule has 0 fully saturated rings. The highest BCUT2D eigenvalue weighted by Crippen LogP contribution is 2.27. The number of halogens is 2. The van der Waals surface area contributed by atoms with Crippen LogP contribution >= 0.6 is 27.5 Å². The summed E-state index contributed by atoms with van der Waals surface area (Å²) in [5.74, 6) is -0.122. The van der Waals surface area contributed by atoms with Gasteiger partial charge in [0.15, 0.2) is 6.61 Å². The molecule has 0 saturated carbocycles. The largest absolute Gasteiger partial charge is 0.482 e. The Kier molecular flexibility index (Phi) is 7.68. The fourth-order valence-corrected chi connectivity index (χ4v) is 3.31. The van der Waals surface area contributed by atoms with Gasteiger partial charge in [-0.3, -0.25) is 9.59 Å². The van der Waals surface area contributed by atoms with Crippen LogP contribution in [-0.4, -0.2) is 36.4 Å². The smallest absolute Gasteiger partial charge is 0.261 e. The van der Waals surface area contributed by atoms with Gasteiger partial charge >= 0.3 is 0 Å². The van der Waals surface area contributed by atoms with Crippen LogP contribution in [0.1, 0.15) is 18.1 Å². The van der Waals surface area contributed by atoms with E-state index in [9.17, 15) is 9.59 Å². The molecule has 0 saturated heterocycles. The van der Waals surface area contributed by atoms with E-state index in [1.165, 1.54) is 4.90 Å². The molecular weight excluding hydrogens is 432 g/mol. The van der Waals surface area contributed by atoms with Crippen LogP contribution in [0.2, 0.25) is 5.02 Å². The number of aryl methyl sites for hydroxylation is 1. The van der Waals surface area contributed by atoms with Crippen molar-refractivity contribution in [2.24, 2.45) is 0 Å². The predicted molar refractivity (Wildman–Crippen MR) is 110 cm³/mol. The van der Waals surface area contributed by atoms with Gasteiger partial charge in [0.25, 0.3) is 5.91 Å². The number of nitrogens with one attached hydrogen (secondary N) is 1. The van der Waals surface area contributed by atoms with Gasteiger partial charge in [-0.25, -0.2) is 0 Å². The lowest BCUT2D eigenvalue weighted by Crippen LogP contribution is -2.48. The number of rotatable bonds is 7. The van der Waals surface area contributed by atoms with Gasteiger partial charge in [-0.15, -0.1) is 0 Å². The van der Waals surface area contributed by atoms with Gasteiger partial charge < -0.3 is 15.0 Å². The molecule has 0 aliphatic carbocycles. The van der Waals surface area contributed by atoms with Gasteiger partial charge in [-0.1, -0.05) is 51.8 Å². The number of carbonyl (C=O) groups is 2. The molecule has 2 rings (SSSR count). The first kappa shape index (κ1) is 21.3. The summed E-state index contributed by atoms with van der Waals surface area (Å²) in [5.41, 5.74) is 2.03. The molecule has 27 heavy (non-hydrogen) atoms. The summed E-state index contributed by atoms with van der Waals surface area (Å²) in [6, 6.07) is 12.3. The highest BCUT2D eigenvalue weighted by Gasteiger charge is 2.26. The molecule has 0 aromatic heterocycles. The summed E-state index contributed by atoms with van der Waals surface area (Å²) in [6.45, 7) is 3.77. The summed E-state index contributed by atoms with van der Waals surface area (Å²) in [7, 11) is 1.55. The van der Waals surface area contributed by atoms with Gasteiger partial charge in [0.05, 0.1) is 5.02 Å². The zero-order valence-electron chi connectivity index (χ0n) is 15.5. The van der Waals surface area contributed by atoms with Crippen molar-refractivity contribution < 1.29 is 14.3 Å². The molecule has 0 bridgehead atoms. The van der Waals surface area contributed by atoms with E-state index in [1.807, 2.05) is 31.2 Å². The fraction of sp³-hybridized carbons (Fsp3) is 0.300. The van der Waals surface area contributed by atoms with Gasteiger partial charge in [-0.2, -0.15) is 0 Å². The molecule has 1 N–H and O–H groups in total. The predicted octanol–water partition coefficient (Wildman–Crippen LogP) is 3.95. The Bertz CT molecular complexity index is 829. The van der Waals surface area contributed by atoms with Gasteiger partial charge in [0.1, 0.15) is 11.8 Å². The quantitative estimate of drug-likeness (QED) is 0.690. The standard InChI is InChI=1S/C20H22BrClN2O3/c1-13-6-4-5-7-15(13)11-24(14(2)20(26)23-3)19(25)12-27-18-9-8-16(21)10-17(18)22/h4-10,14H,11-12H2,1-3H3,(H,23,26)/t14-/m1/s1. The molecule has 144 valence electrons. The Morgan fingerprint density at radius 1 is 1.26 bits per heavy atom. The highest BCUT2D eigenvalue weighted by atomic mass is 79.9. The summed E-state index contributed by atoms with van der Waals surface area (Å²) < 4.78 is 6.41. The molecule has 0 aliphatic rings. The lowest BCUT2D eigenvalue weighted by atomic mass is 10.1. The zero-order valence-corrected chi connectivity index (χ0v) is 17.8. The van der Waals surface area contributed by atoms with Gasteiger partial charge in [0.2, 0.25) is 5.91 Å².